The maximum Gasteiger partial charge on any atom is 0.149 e. The Bertz CT molecular complexity index is 3380. The predicted octanol–water partition coefficient (Wildman–Crippen LogP) is 16.6. The number of aromatic hydroxyl groups is 1. The number of imidazole rings is 1. The van der Waals surface area contributed by atoms with Gasteiger partial charge in [-0.15, -0.1) is 0 Å². The molecule has 0 fully saturated rings. The lowest BCUT2D eigenvalue weighted by atomic mass is 9.84. The number of fused-ring (bicyclic) bond motifs is 1. The Hall–Kier alpha value is -7.82. The Kier molecular flexibility index (Phi) is 11.5. The van der Waals surface area contributed by atoms with Gasteiger partial charge in [0.25, 0.3) is 0 Å². The SMILES string of the molecule is Cc1cc(-c2nc3c(-c4cc(-c5ccccc5)cc(-c5cc(-c6ccc(-c7ccccc7)cc6)ccn5)c4)cccc3n2-c2ccc(CC(C)C)cc2-c2ccccc2)c(O)c(C(C)(C)C)c1. The third-order valence-corrected chi connectivity index (χ3v) is 12.8. The highest BCUT2D eigenvalue weighted by Crippen LogP contribution is 2.45. The molecule has 8 aromatic carbocycles. The summed E-state index contributed by atoms with van der Waals surface area (Å²) < 4.78 is 2.28. The first-order chi connectivity index (χ1) is 32.5. The van der Waals surface area contributed by atoms with Crippen molar-refractivity contribution in [3.05, 3.63) is 217 Å². The van der Waals surface area contributed by atoms with Crippen molar-refractivity contribution in [3.63, 3.8) is 0 Å². The highest BCUT2D eigenvalue weighted by atomic mass is 16.3. The van der Waals surface area contributed by atoms with E-state index in [4.69, 9.17) is 9.97 Å². The van der Waals surface area contributed by atoms with E-state index < -0.39 is 0 Å². The first kappa shape index (κ1) is 43.1. The van der Waals surface area contributed by atoms with Crippen molar-refractivity contribution < 1.29 is 5.11 Å². The second kappa shape index (κ2) is 17.9. The summed E-state index contributed by atoms with van der Waals surface area (Å²) in [6.45, 7) is 13.1. The zero-order valence-electron chi connectivity index (χ0n) is 39.1. The summed E-state index contributed by atoms with van der Waals surface area (Å²) in [5.41, 5.74) is 19.4. The van der Waals surface area contributed by atoms with Crippen LogP contribution in [0, 0.1) is 12.8 Å². The summed E-state index contributed by atoms with van der Waals surface area (Å²) in [5.74, 6) is 1.44. The fraction of sp³-hybridized carbons (Fsp3) is 0.143. The molecule has 0 amide bonds. The number of phenolic OH excluding ortho intramolecular Hbond substituents is 1. The van der Waals surface area contributed by atoms with E-state index in [1.165, 1.54) is 16.7 Å². The highest BCUT2D eigenvalue weighted by Gasteiger charge is 2.27. The molecule has 1 N–H and O–H groups in total. The van der Waals surface area contributed by atoms with Crippen molar-refractivity contribution in [1.29, 1.82) is 0 Å². The minimum absolute atomic E-state index is 0.253. The van der Waals surface area contributed by atoms with Gasteiger partial charge in [0.15, 0.2) is 0 Å². The minimum Gasteiger partial charge on any atom is -0.507 e. The number of aromatic nitrogens is 3. The molecular weight excluding hydrogens is 815 g/mol. The highest BCUT2D eigenvalue weighted by molar-refractivity contribution is 5.98. The van der Waals surface area contributed by atoms with Crippen LogP contribution in [0.1, 0.15) is 51.3 Å². The second-order valence-electron chi connectivity index (χ2n) is 19.3. The zero-order chi connectivity index (χ0) is 46.2. The Balaban J connectivity index is 1.20. The van der Waals surface area contributed by atoms with Gasteiger partial charge >= 0.3 is 0 Å². The zero-order valence-corrected chi connectivity index (χ0v) is 39.1. The number of rotatable bonds is 10. The van der Waals surface area contributed by atoms with E-state index in [2.05, 4.69) is 234 Å². The van der Waals surface area contributed by atoms with Crippen LogP contribution in [0.3, 0.4) is 0 Å². The Morgan fingerprint density at radius 1 is 0.507 bits per heavy atom. The fourth-order valence-electron chi connectivity index (χ4n) is 9.49. The van der Waals surface area contributed by atoms with Crippen LogP contribution >= 0.6 is 0 Å². The molecule has 0 bridgehead atoms. The standard InChI is InChI=1S/C63H55N3O/c1-41(2)33-43-25-30-58(54(36-43)48-21-14-9-15-22-48)66-59-24-16-23-53(60(59)65-62(66)55-34-42(3)35-56(61(55)67)63(4,5)6)51-37-50(45-19-12-8-13-20-45)38-52(39-51)57-40-49(31-32-64-57)47-28-26-46(27-29-47)44-17-10-7-11-18-44/h7-32,34-41,67H,33H2,1-6H3. The van der Waals surface area contributed by atoms with Crippen molar-refractivity contribution in [2.45, 2.75) is 53.4 Å². The maximum atomic E-state index is 12.3. The average molecular weight is 870 g/mol. The summed E-state index contributed by atoms with van der Waals surface area (Å²) in [5, 5.41) is 12.3. The van der Waals surface area contributed by atoms with E-state index in [0.29, 0.717) is 17.3 Å². The maximum absolute atomic E-state index is 12.3. The van der Waals surface area contributed by atoms with Crippen molar-refractivity contribution in [3.8, 4) is 89.7 Å². The molecule has 10 rings (SSSR count). The molecule has 0 spiro atoms. The lowest BCUT2D eigenvalue weighted by Crippen LogP contribution is -2.12. The first-order valence-corrected chi connectivity index (χ1v) is 23.4. The van der Waals surface area contributed by atoms with Crippen molar-refractivity contribution >= 4 is 11.0 Å². The molecule has 4 heteroatoms. The van der Waals surface area contributed by atoms with Gasteiger partial charge in [-0.3, -0.25) is 9.55 Å². The Morgan fingerprint density at radius 2 is 1.10 bits per heavy atom. The molecule has 2 heterocycles. The van der Waals surface area contributed by atoms with E-state index in [1.807, 2.05) is 12.3 Å². The van der Waals surface area contributed by atoms with Crippen LogP contribution in [0.15, 0.2) is 200 Å². The van der Waals surface area contributed by atoms with Gasteiger partial charge in [-0.2, -0.15) is 0 Å². The summed E-state index contributed by atoms with van der Waals surface area (Å²) in [6, 6.07) is 69.0. The largest absolute Gasteiger partial charge is 0.507 e. The van der Waals surface area contributed by atoms with E-state index >= 15 is 0 Å². The van der Waals surface area contributed by atoms with Crippen LogP contribution in [-0.2, 0) is 11.8 Å². The van der Waals surface area contributed by atoms with E-state index in [0.717, 1.165) is 90.0 Å². The molecule has 0 unspecified atom stereocenters. The monoisotopic (exact) mass is 869 g/mol. The molecule has 0 aliphatic rings. The quantitative estimate of drug-likeness (QED) is 0.149. The van der Waals surface area contributed by atoms with Gasteiger partial charge in [-0.1, -0.05) is 174 Å². The molecule has 0 atom stereocenters. The molecule has 0 saturated heterocycles. The molecule has 0 aliphatic heterocycles. The topological polar surface area (TPSA) is 50.9 Å². The summed E-state index contributed by atoms with van der Waals surface area (Å²) >= 11 is 0. The number of para-hydroxylation sites is 1. The van der Waals surface area contributed by atoms with Gasteiger partial charge < -0.3 is 5.11 Å². The van der Waals surface area contributed by atoms with E-state index in [9.17, 15) is 5.11 Å². The second-order valence-corrected chi connectivity index (χ2v) is 19.3. The summed E-state index contributed by atoms with van der Waals surface area (Å²) in [7, 11) is 0. The van der Waals surface area contributed by atoms with Crippen LogP contribution in [-0.4, -0.2) is 19.6 Å². The lowest BCUT2D eigenvalue weighted by molar-refractivity contribution is 0.448. The van der Waals surface area contributed by atoms with Crippen molar-refractivity contribution in [1.82, 2.24) is 14.5 Å². The molecule has 0 radical (unpaired) electrons. The summed E-state index contributed by atoms with van der Waals surface area (Å²) in [4.78, 5) is 10.6. The average Bonchev–Trinajstić information content (AvgIpc) is 3.74. The molecule has 0 aliphatic carbocycles. The number of benzene rings is 8. The van der Waals surface area contributed by atoms with Gasteiger partial charge in [0.1, 0.15) is 11.6 Å². The molecular formula is C63H55N3O. The van der Waals surface area contributed by atoms with Crippen LogP contribution < -0.4 is 0 Å². The number of nitrogens with zero attached hydrogens (tertiary/aromatic N) is 3. The van der Waals surface area contributed by atoms with Gasteiger partial charge in [-0.05, 0) is 135 Å². The molecule has 0 saturated carbocycles. The number of hydrogen-bond donors (Lipinski definition) is 1. The van der Waals surface area contributed by atoms with Crippen LogP contribution in [0.5, 0.6) is 5.75 Å². The lowest BCUT2D eigenvalue weighted by Gasteiger charge is -2.23. The number of pyridine rings is 1. The fourth-order valence-corrected chi connectivity index (χ4v) is 9.49. The third-order valence-electron chi connectivity index (χ3n) is 12.8. The van der Waals surface area contributed by atoms with Gasteiger partial charge in [0.2, 0.25) is 0 Å². The summed E-state index contributed by atoms with van der Waals surface area (Å²) in [6.07, 6.45) is 2.88. The number of aryl methyl sites for hydroxylation is 1. The molecule has 2 aromatic heterocycles. The van der Waals surface area contributed by atoms with Gasteiger partial charge in [-0.25, -0.2) is 4.98 Å². The molecule has 10 aromatic rings. The van der Waals surface area contributed by atoms with Crippen molar-refractivity contribution in [2.75, 3.05) is 0 Å². The van der Waals surface area contributed by atoms with Crippen LogP contribution in [0.4, 0.5) is 0 Å². The molecule has 67 heavy (non-hydrogen) atoms. The number of hydrogen-bond acceptors (Lipinski definition) is 3. The third kappa shape index (κ3) is 8.71. The van der Waals surface area contributed by atoms with Gasteiger partial charge in [0.05, 0.1) is 28.0 Å². The smallest absolute Gasteiger partial charge is 0.149 e. The predicted molar refractivity (Wildman–Crippen MR) is 281 cm³/mol. The minimum atomic E-state index is -0.300. The first-order valence-electron chi connectivity index (χ1n) is 23.4. The van der Waals surface area contributed by atoms with E-state index in [-0.39, 0.29) is 11.2 Å². The molecule has 328 valence electrons. The van der Waals surface area contributed by atoms with E-state index in [1.54, 1.807) is 0 Å². The van der Waals surface area contributed by atoms with Gasteiger partial charge in [0, 0.05) is 28.5 Å². The van der Waals surface area contributed by atoms with Crippen molar-refractivity contribution in [2.24, 2.45) is 5.92 Å². The normalized spacial score (nSPS) is 11.7. The molecule has 4 nitrogen and oxygen atoms in total. The van der Waals surface area contributed by atoms with Crippen LogP contribution in [0.2, 0.25) is 0 Å². The van der Waals surface area contributed by atoms with Crippen LogP contribution in [0.25, 0.3) is 95.0 Å². The number of phenols is 1. The Morgan fingerprint density at radius 3 is 1.76 bits per heavy atom. The Labute approximate surface area is 395 Å².